The van der Waals surface area contributed by atoms with Crippen molar-refractivity contribution in [3.05, 3.63) is 36.0 Å². The molecule has 10 nitrogen and oxygen atoms in total. The van der Waals surface area contributed by atoms with Gasteiger partial charge in [0.05, 0.1) is 6.61 Å². The lowest BCUT2D eigenvalue weighted by molar-refractivity contribution is -0.152. The van der Waals surface area contributed by atoms with Crippen molar-refractivity contribution in [1.82, 2.24) is 10.0 Å². The highest BCUT2D eigenvalue weighted by Gasteiger charge is 2.27. The Morgan fingerprint density at radius 3 is 2.69 bits per heavy atom. The molecule has 2 atom stereocenters. The van der Waals surface area contributed by atoms with Crippen LogP contribution in [0.3, 0.4) is 0 Å². The van der Waals surface area contributed by atoms with E-state index in [4.69, 9.17) is 19.6 Å². The average molecular weight is 388 g/mol. The van der Waals surface area contributed by atoms with Gasteiger partial charge >= 0.3 is 13.8 Å². The molecule has 1 heterocycles. The number of nitrogens with one attached hydrogen (secondary N) is 1. The van der Waals surface area contributed by atoms with Gasteiger partial charge in [-0.05, 0) is 11.6 Å². The van der Waals surface area contributed by atoms with Crippen molar-refractivity contribution in [1.29, 1.82) is 0 Å². The van der Waals surface area contributed by atoms with Gasteiger partial charge in [0.25, 0.3) is 0 Å². The number of hydrogen-bond acceptors (Lipinski definition) is 7. The number of benzene rings is 1. The van der Waals surface area contributed by atoms with E-state index in [1.54, 1.807) is 6.20 Å². The Kier molecular flexibility index (Phi) is 6.90. The number of hydroxylamine groups is 1. The Bertz CT molecular complexity index is 802. The van der Waals surface area contributed by atoms with Crippen LogP contribution in [-0.4, -0.2) is 55.9 Å². The van der Waals surface area contributed by atoms with Crippen LogP contribution in [0.5, 0.6) is 0 Å². The molecule has 0 aliphatic heterocycles. The predicted octanol–water partition coefficient (Wildman–Crippen LogP) is -0.400. The standard InChI is InChI=1S/C15H21N2O8P/c1-17-7-10(12-4-2-3-5-14(12)17)6-13(16-25-26(21,22)23)15(20)24-9-11(19)8-18/h2-5,7,11,13,16,18-19H,6,8-9H2,1H3,(H2,21,22,23)/t11?,13-/m1/s1. The third-order valence-corrected chi connectivity index (χ3v) is 3.97. The summed E-state index contributed by atoms with van der Waals surface area (Å²) in [6.07, 6.45) is 0.557. The summed E-state index contributed by atoms with van der Waals surface area (Å²) in [6, 6.07) is 6.20. The first-order valence-corrected chi connectivity index (χ1v) is 9.22. The summed E-state index contributed by atoms with van der Waals surface area (Å²) in [7, 11) is -3.03. The van der Waals surface area contributed by atoms with Gasteiger partial charge in [-0.2, -0.15) is 10.1 Å². The zero-order chi connectivity index (χ0) is 19.3. The molecule has 26 heavy (non-hydrogen) atoms. The number of esters is 1. The molecule has 0 aliphatic carbocycles. The minimum atomic E-state index is -4.86. The average Bonchev–Trinajstić information content (AvgIpc) is 2.91. The Morgan fingerprint density at radius 1 is 1.35 bits per heavy atom. The fraction of sp³-hybridized carbons (Fsp3) is 0.400. The lowest BCUT2D eigenvalue weighted by Crippen LogP contribution is -2.40. The number of aryl methyl sites for hydroxylation is 1. The molecule has 0 spiro atoms. The summed E-state index contributed by atoms with van der Waals surface area (Å²) in [6.45, 7) is -1.05. The maximum absolute atomic E-state index is 12.2. The third kappa shape index (κ3) is 5.61. The van der Waals surface area contributed by atoms with Gasteiger partial charge in [-0.15, -0.1) is 0 Å². The summed E-state index contributed by atoms with van der Waals surface area (Å²) in [4.78, 5) is 29.9. The zero-order valence-electron chi connectivity index (χ0n) is 14.0. The molecule has 0 saturated carbocycles. The number of phosphoric acid groups is 1. The Hall–Kier alpha value is -1.78. The number of aromatic nitrogens is 1. The highest BCUT2D eigenvalue weighted by atomic mass is 31.2. The lowest BCUT2D eigenvalue weighted by Gasteiger charge is -2.18. The highest BCUT2D eigenvalue weighted by Crippen LogP contribution is 2.34. The first-order valence-electron chi connectivity index (χ1n) is 7.69. The van der Waals surface area contributed by atoms with Gasteiger partial charge in [-0.3, -0.25) is 4.79 Å². The summed E-state index contributed by atoms with van der Waals surface area (Å²) < 4.78 is 21.9. The summed E-state index contributed by atoms with van der Waals surface area (Å²) in [5.41, 5.74) is 3.68. The second-order valence-corrected chi connectivity index (χ2v) is 6.87. The predicted molar refractivity (Wildman–Crippen MR) is 90.7 cm³/mol. The number of fused-ring (bicyclic) bond motifs is 1. The van der Waals surface area contributed by atoms with Crippen LogP contribution in [0.25, 0.3) is 10.9 Å². The third-order valence-electron chi connectivity index (χ3n) is 3.63. The molecule has 1 aromatic carbocycles. The van der Waals surface area contributed by atoms with E-state index < -0.39 is 39.2 Å². The number of nitrogens with zero attached hydrogens (tertiary/aromatic N) is 1. The van der Waals surface area contributed by atoms with Crippen LogP contribution >= 0.6 is 7.82 Å². The molecular weight excluding hydrogens is 367 g/mol. The molecule has 5 N–H and O–H groups in total. The summed E-state index contributed by atoms with van der Waals surface area (Å²) >= 11 is 0. The number of aliphatic hydroxyl groups excluding tert-OH is 2. The van der Waals surface area contributed by atoms with Gasteiger partial charge < -0.3 is 29.3 Å². The molecule has 11 heteroatoms. The Balaban J connectivity index is 2.19. The first kappa shape index (κ1) is 20.5. The second kappa shape index (κ2) is 8.74. The quantitative estimate of drug-likeness (QED) is 0.220. The minimum absolute atomic E-state index is 0.0232. The van der Waals surface area contributed by atoms with Gasteiger partial charge in [-0.25, -0.2) is 4.57 Å². The first-order chi connectivity index (χ1) is 12.2. The van der Waals surface area contributed by atoms with Crippen LogP contribution in [-0.2, 0) is 32.2 Å². The number of carbonyl (C=O) groups excluding carboxylic acids is 1. The van der Waals surface area contributed by atoms with Crippen molar-refractivity contribution in [2.24, 2.45) is 7.05 Å². The molecule has 0 fully saturated rings. The fourth-order valence-corrected chi connectivity index (χ4v) is 2.71. The van der Waals surface area contributed by atoms with Crippen LogP contribution in [0.4, 0.5) is 0 Å². The van der Waals surface area contributed by atoms with E-state index in [9.17, 15) is 14.5 Å². The number of carbonyl (C=O) groups is 1. The van der Waals surface area contributed by atoms with Crippen LogP contribution in [0.15, 0.2) is 30.5 Å². The molecule has 2 rings (SSSR count). The highest BCUT2D eigenvalue weighted by molar-refractivity contribution is 7.46. The second-order valence-electron chi connectivity index (χ2n) is 5.71. The molecule has 2 aromatic rings. The number of para-hydroxylation sites is 1. The van der Waals surface area contributed by atoms with E-state index in [0.29, 0.717) is 0 Å². The van der Waals surface area contributed by atoms with E-state index in [1.165, 1.54) is 0 Å². The van der Waals surface area contributed by atoms with Crippen molar-refractivity contribution in [2.75, 3.05) is 13.2 Å². The van der Waals surface area contributed by atoms with E-state index >= 15 is 0 Å². The molecule has 0 aliphatic rings. The topological polar surface area (TPSA) is 150 Å². The monoisotopic (exact) mass is 388 g/mol. The molecule has 0 amide bonds. The molecule has 0 bridgehead atoms. The largest absolute Gasteiger partial charge is 0.486 e. The van der Waals surface area contributed by atoms with Gasteiger partial charge in [0, 0.05) is 30.6 Å². The molecule has 1 aromatic heterocycles. The molecule has 1 unspecified atom stereocenters. The maximum atomic E-state index is 12.2. The van der Waals surface area contributed by atoms with Crippen LogP contribution in [0, 0.1) is 0 Å². The van der Waals surface area contributed by atoms with Crippen molar-refractivity contribution in [3.8, 4) is 0 Å². The lowest BCUT2D eigenvalue weighted by atomic mass is 10.1. The normalized spacial score (nSPS) is 14.3. The number of hydrogen-bond donors (Lipinski definition) is 5. The van der Waals surface area contributed by atoms with Gasteiger partial charge in [-0.1, -0.05) is 18.2 Å². The van der Waals surface area contributed by atoms with E-state index in [0.717, 1.165) is 16.5 Å². The van der Waals surface area contributed by atoms with Crippen molar-refractivity contribution in [2.45, 2.75) is 18.6 Å². The molecular formula is C15H21N2O8P. The molecule has 0 radical (unpaired) electrons. The number of aliphatic hydroxyl groups is 2. The Labute approximate surface area is 149 Å². The van der Waals surface area contributed by atoms with Crippen molar-refractivity contribution >= 4 is 24.7 Å². The van der Waals surface area contributed by atoms with Crippen molar-refractivity contribution < 1.29 is 38.7 Å². The summed E-state index contributed by atoms with van der Waals surface area (Å²) in [5.74, 6) is -0.890. The SMILES string of the molecule is Cn1cc(C[C@@H](NOP(=O)(O)O)C(=O)OCC(O)CO)c2ccccc21. The minimum Gasteiger partial charge on any atom is -0.462 e. The van der Waals surface area contributed by atoms with Crippen LogP contribution in [0.2, 0.25) is 0 Å². The van der Waals surface area contributed by atoms with Gasteiger partial charge in [0.2, 0.25) is 0 Å². The Morgan fingerprint density at radius 2 is 2.04 bits per heavy atom. The summed E-state index contributed by atoms with van der Waals surface area (Å²) in [5, 5.41) is 18.9. The van der Waals surface area contributed by atoms with Gasteiger partial charge in [0.15, 0.2) is 0 Å². The van der Waals surface area contributed by atoms with E-state index in [2.05, 4.69) is 4.62 Å². The van der Waals surface area contributed by atoms with E-state index in [-0.39, 0.29) is 6.42 Å². The molecule has 0 saturated heterocycles. The van der Waals surface area contributed by atoms with Gasteiger partial charge in [0.1, 0.15) is 18.8 Å². The number of rotatable bonds is 9. The molecule has 144 valence electrons. The van der Waals surface area contributed by atoms with Crippen LogP contribution < -0.4 is 5.48 Å². The van der Waals surface area contributed by atoms with Crippen LogP contribution in [0.1, 0.15) is 5.56 Å². The van der Waals surface area contributed by atoms with Crippen molar-refractivity contribution in [3.63, 3.8) is 0 Å². The fourth-order valence-electron chi connectivity index (χ4n) is 2.45. The van der Waals surface area contributed by atoms with E-state index in [1.807, 2.05) is 41.4 Å². The number of ether oxygens (including phenoxy) is 1. The smallest absolute Gasteiger partial charge is 0.462 e. The zero-order valence-corrected chi connectivity index (χ0v) is 14.9. The maximum Gasteiger partial charge on any atom is 0.486 e.